The topological polar surface area (TPSA) is 29.1 Å². The first-order chi connectivity index (χ1) is 8.24. The molecule has 1 aromatic carbocycles. The van der Waals surface area contributed by atoms with Crippen LogP contribution in [0.4, 0.5) is 10.1 Å². The quantitative estimate of drug-likeness (QED) is 0.826. The van der Waals surface area contributed by atoms with Crippen molar-refractivity contribution in [2.45, 2.75) is 0 Å². The van der Waals surface area contributed by atoms with Crippen molar-refractivity contribution < 1.29 is 9.18 Å². The van der Waals surface area contributed by atoms with E-state index in [0.717, 1.165) is 5.56 Å². The van der Waals surface area contributed by atoms with Crippen LogP contribution in [0, 0.1) is 5.82 Å². The lowest BCUT2D eigenvalue weighted by Gasteiger charge is -2.00. The van der Waals surface area contributed by atoms with Crippen LogP contribution >= 0.6 is 11.3 Å². The van der Waals surface area contributed by atoms with Gasteiger partial charge >= 0.3 is 0 Å². The van der Waals surface area contributed by atoms with Gasteiger partial charge in [0.05, 0.1) is 0 Å². The average molecular weight is 247 g/mol. The number of anilines is 1. The number of nitrogens with one attached hydrogen (secondary N) is 1. The maximum absolute atomic E-state index is 12.6. The molecule has 2 rings (SSSR count). The van der Waals surface area contributed by atoms with Gasteiger partial charge in [0.25, 0.3) is 0 Å². The van der Waals surface area contributed by atoms with Gasteiger partial charge in [0, 0.05) is 11.8 Å². The zero-order valence-electron chi connectivity index (χ0n) is 8.89. The summed E-state index contributed by atoms with van der Waals surface area (Å²) < 4.78 is 12.6. The Morgan fingerprint density at radius 2 is 2.00 bits per heavy atom. The highest BCUT2D eigenvalue weighted by molar-refractivity contribution is 7.08. The van der Waals surface area contributed by atoms with Gasteiger partial charge in [-0.2, -0.15) is 11.3 Å². The zero-order chi connectivity index (χ0) is 12.1. The molecule has 0 radical (unpaired) electrons. The summed E-state index contributed by atoms with van der Waals surface area (Å²) in [6.45, 7) is 0. The van der Waals surface area contributed by atoms with Crippen molar-refractivity contribution in [2.24, 2.45) is 0 Å². The lowest BCUT2D eigenvalue weighted by atomic mass is 10.3. The van der Waals surface area contributed by atoms with E-state index in [2.05, 4.69) is 5.32 Å². The van der Waals surface area contributed by atoms with E-state index in [1.165, 1.54) is 30.3 Å². The van der Waals surface area contributed by atoms with E-state index in [4.69, 9.17) is 0 Å². The number of benzene rings is 1. The number of carbonyl (C=O) groups is 1. The molecular weight excluding hydrogens is 237 g/mol. The predicted octanol–water partition coefficient (Wildman–Crippen LogP) is 3.54. The molecular formula is C13H10FNOS. The summed E-state index contributed by atoms with van der Waals surface area (Å²) in [4.78, 5) is 11.5. The number of amides is 1. The van der Waals surface area contributed by atoms with Crippen molar-refractivity contribution in [3.05, 3.63) is 58.5 Å². The molecule has 2 nitrogen and oxygen atoms in total. The Kier molecular flexibility index (Phi) is 3.67. The van der Waals surface area contributed by atoms with Crippen LogP contribution in [0.15, 0.2) is 47.2 Å². The molecule has 2 aromatic rings. The van der Waals surface area contributed by atoms with Gasteiger partial charge in [0.15, 0.2) is 0 Å². The molecule has 0 saturated carbocycles. The minimum absolute atomic E-state index is 0.234. The van der Waals surface area contributed by atoms with Crippen LogP contribution in [0.2, 0.25) is 0 Å². The second-order valence-electron chi connectivity index (χ2n) is 3.39. The molecule has 0 aliphatic rings. The SMILES string of the molecule is O=C(C=Cc1ccsc1)Nc1ccc(F)cc1. The third-order valence-electron chi connectivity index (χ3n) is 2.08. The second-order valence-corrected chi connectivity index (χ2v) is 4.17. The van der Waals surface area contributed by atoms with Crippen molar-refractivity contribution in [2.75, 3.05) is 5.32 Å². The van der Waals surface area contributed by atoms with Crippen molar-refractivity contribution in [3.63, 3.8) is 0 Å². The first-order valence-corrected chi connectivity index (χ1v) is 5.95. The van der Waals surface area contributed by atoms with Gasteiger partial charge in [-0.1, -0.05) is 0 Å². The van der Waals surface area contributed by atoms with Crippen LogP contribution in [0.1, 0.15) is 5.56 Å². The summed E-state index contributed by atoms with van der Waals surface area (Å²) in [5.74, 6) is -0.556. The van der Waals surface area contributed by atoms with E-state index >= 15 is 0 Å². The lowest BCUT2D eigenvalue weighted by molar-refractivity contribution is -0.111. The van der Waals surface area contributed by atoms with E-state index in [1.807, 2.05) is 16.8 Å². The Morgan fingerprint density at radius 1 is 1.24 bits per heavy atom. The molecule has 0 spiro atoms. The summed E-state index contributed by atoms with van der Waals surface area (Å²) >= 11 is 1.57. The van der Waals surface area contributed by atoms with Crippen LogP contribution in [-0.4, -0.2) is 5.91 Å². The molecule has 1 amide bonds. The van der Waals surface area contributed by atoms with Crippen molar-refractivity contribution >= 4 is 29.0 Å². The van der Waals surface area contributed by atoms with Gasteiger partial charge < -0.3 is 5.32 Å². The van der Waals surface area contributed by atoms with Crippen molar-refractivity contribution in [3.8, 4) is 0 Å². The van der Waals surface area contributed by atoms with Gasteiger partial charge in [-0.25, -0.2) is 4.39 Å². The fourth-order valence-electron chi connectivity index (χ4n) is 1.26. The Morgan fingerprint density at radius 3 is 2.65 bits per heavy atom. The van der Waals surface area contributed by atoms with Gasteiger partial charge in [-0.3, -0.25) is 4.79 Å². The first-order valence-electron chi connectivity index (χ1n) is 5.01. The third-order valence-corrected chi connectivity index (χ3v) is 2.78. The molecule has 4 heteroatoms. The third kappa shape index (κ3) is 3.53. The molecule has 1 heterocycles. The van der Waals surface area contributed by atoms with Gasteiger partial charge in [-0.05, 0) is 52.7 Å². The van der Waals surface area contributed by atoms with E-state index in [0.29, 0.717) is 5.69 Å². The van der Waals surface area contributed by atoms with Crippen molar-refractivity contribution in [1.82, 2.24) is 0 Å². The molecule has 0 fully saturated rings. The number of hydrogen-bond acceptors (Lipinski definition) is 2. The highest BCUT2D eigenvalue weighted by Crippen LogP contribution is 2.10. The lowest BCUT2D eigenvalue weighted by Crippen LogP contribution is -2.07. The first kappa shape index (κ1) is 11.5. The number of carbonyl (C=O) groups excluding carboxylic acids is 1. The van der Waals surface area contributed by atoms with Crippen LogP contribution in [0.3, 0.4) is 0 Å². The molecule has 0 aliphatic carbocycles. The number of rotatable bonds is 3. The maximum atomic E-state index is 12.6. The molecule has 0 bridgehead atoms. The number of thiophene rings is 1. The summed E-state index contributed by atoms with van der Waals surface area (Å²) in [6, 6.07) is 7.57. The highest BCUT2D eigenvalue weighted by atomic mass is 32.1. The summed E-state index contributed by atoms with van der Waals surface area (Å²) in [5, 5.41) is 6.53. The molecule has 0 atom stereocenters. The standard InChI is InChI=1S/C13H10FNOS/c14-11-2-4-12(5-3-11)15-13(16)6-1-10-7-8-17-9-10/h1-9H,(H,15,16). The monoisotopic (exact) mass is 247 g/mol. The minimum Gasteiger partial charge on any atom is -0.323 e. The molecule has 1 aromatic heterocycles. The minimum atomic E-state index is -0.322. The number of hydrogen-bond donors (Lipinski definition) is 1. The van der Waals surface area contributed by atoms with Gasteiger partial charge in [0.1, 0.15) is 5.82 Å². The average Bonchev–Trinajstić information content (AvgIpc) is 2.83. The van der Waals surface area contributed by atoms with E-state index in [1.54, 1.807) is 17.4 Å². The maximum Gasteiger partial charge on any atom is 0.248 e. The van der Waals surface area contributed by atoms with Crippen LogP contribution in [0.25, 0.3) is 6.08 Å². The molecule has 17 heavy (non-hydrogen) atoms. The number of halogens is 1. The normalized spacial score (nSPS) is 10.6. The zero-order valence-corrected chi connectivity index (χ0v) is 9.71. The van der Waals surface area contributed by atoms with E-state index in [9.17, 15) is 9.18 Å². The van der Waals surface area contributed by atoms with Gasteiger partial charge in [-0.15, -0.1) is 0 Å². The molecule has 0 saturated heterocycles. The fourth-order valence-corrected chi connectivity index (χ4v) is 1.89. The largest absolute Gasteiger partial charge is 0.323 e. The Hall–Kier alpha value is -1.94. The predicted molar refractivity (Wildman–Crippen MR) is 68.4 cm³/mol. The van der Waals surface area contributed by atoms with Crippen LogP contribution < -0.4 is 5.32 Å². The second kappa shape index (κ2) is 5.41. The summed E-state index contributed by atoms with van der Waals surface area (Å²) in [7, 11) is 0. The Bertz CT molecular complexity index is 517. The van der Waals surface area contributed by atoms with Crippen LogP contribution in [0.5, 0.6) is 0 Å². The molecule has 0 aliphatic heterocycles. The van der Waals surface area contributed by atoms with Crippen molar-refractivity contribution in [1.29, 1.82) is 0 Å². The molecule has 0 unspecified atom stereocenters. The highest BCUT2D eigenvalue weighted by Gasteiger charge is 1.97. The Labute approximate surface area is 102 Å². The fraction of sp³-hybridized carbons (Fsp3) is 0. The Balaban J connectivity index is 1.95. The van der Waals surface area contributed by atoms with Gasteiger partial charge in [0.2, 0.25) is 5.91 Å². The van der Waals surface area contributed by atoms with E-state index in [-0.39, 0.29) is 11.7 Å². The smallest absolute Gasteiger partial charge is 0.248 e. The molecule has 86 valence electrons. The summed E-state index contributed by atoms with van der Waals surface area (Å²) in [5.41, 5.74) is 1.57. The van der Waals surface area contributed by atoms with E-state index < -0.39 is 0 Å². The molecule has 1 N–H and O–H groups in total. The van der Waals surface area contributed by atoms with Crippen LogP contribution in [-0.2, 0) is 4.79 Å². The summed E-state index contributed by atoms with van der Waals surface area (Å²) in [6.07, 6.45) is 3.18.